The molecule has 0 aliphatic rings. The number of fused-ring (bicyclic) bond motifs is 3. The highest BCUT2D eigenvalue weighted by Crippen LogP contribution is 2.38. The smallest absolute Gasteiger partial charge is 0.164 e. The molecule has 0 aliphatic carbocycles. The lowest BCUT2D eigenvalue weighted by Crippen LogP contribution is -2.00. The first-order chi connectivity index (χ1) is 28.2. The molecule has 0 radical (unpaired) electrons. The predicted molar refractivity (Wildman–Crippen MR) is 233 cm³/mol. The quantitative estimate of drug-likeness (QED) is 0.146. The SMILES string of the molecule is c1ccc(C(=C(c2ccccc2)c2ccc(-c3cccc(-c4nc(-c5ccccc5)nc(-c5ccc6c(c5)oc5ccccc56)n4)c3)cc2)c2ccccc2)cc1. The summed E-state index contributed by atoms with van der Waals surface area (Å²) >= 11 is 0. The van der Waals surface area contributed by atoms with Crippen molar-refractivity contribution in [1.82, 2.24) is 15.0 Å². The summed E-state index contributed by atoms with van der Waals surface area (Å²) in [4.78, 5) is 15.1. The van der Waals surface area contributed by atoms with E-state index in [4.69, 9.17) is 19.4 Å². The molecule has 8 aromatic carbocycles. The summed E-state index contributed by atoms with van der Waals surface area (Å²) in [6, 6.07) is 73.7. The zero-order chi connectivity index (χ0) is 38.0. The standard InChI is InChI=1S/C53H35N3O/c1-5-16-37(17-6-1)49(38-18-7-2-8-19-38)50(39-20-9-3-10-21-39)40-30-28-36(29-31-40)42-24-15-25-43(34-42)52-54-51(41-22-11-4-12-23-41)55-53(56-52)44-32-33-46-45-26-13-14-27-47(45)57-48(46)35-44/h1-35H. The van der Waals surface area contributed by atoms with E-state index in [1.54, 1.807) is 0 Å². The summed E-state index contributed by atoms with van der Waals surface area (Å²) < 4.78 is 6.24. The second-order valence-corrected chi connectivity index (χ2v) is 14.0. The normalized spacial score (nSPS) is 11.2. The van der Waals surface area contributed by atoms with Gasteiger partial charge in [-0.25, -0.2) is 15.0 Å². The van der Waals surface area contributed by atoms with E-state index < -0.39 is 0 Å². The molecule has 0 amide bonds. The lowest BCUT2D eigenvalue weighted by molar-refractivity contribution is 0.669. The number of nitrogens with zero attached hydrogens (tertiary/aromatic N) is 3. The maximum absolute atomic E-state index is 6.24. The molecule has 0 unspecified atom stereocenters. The number of furan rings is 1. The second kappa shape index (κ2) is 14.9. The van der Waals surface area contributed by atoms with Crippen molar-refractivity contribution >= 4 is 33.1 Å². The molecule has 0 saturated carbocycles. The van der Waals surface area contributed by atoms with Gasteiger partial charge in [-0.15, -0.1) is 0 Å². The van der Waals surface area contributed by atoms with Gasteiger partial charge >= 0.3 is 0 Å². The third-order valence-corrected chi connectivity index (χ3v) is 10.4. The Balaban J connectivity index is 1.06. The molecular formula is C53H35N3O. The highest BCUT2D eigenvalue weighted by molar-refractivity contribution is 6.06. The molecule has 0 bridgehead atoms. The van der Waals surface area contributed by atoms with Crippen molar-refractivity contribution in [3.05, 3.63) is 235 Å². The summed E-state index contributed by atoms with van der Waals surface area (Å²) in [5.74, 6) is 1.80. The van der Waals surface area contributed by atoms with Gasteiger partial charge in [0.2, 0.25) is 0 Å². The molecule has 4 heteroatoms. The first-order valence-electron chi connectivity index (χ1n) is 19.1. The fourth-order valence-electron chi connectivity index (χ4n) is 7.61. The van der Waals surface area contributed by atoms with E-state index in [1.807, 2.05) is 54.6 Å². The van der Waals surface area contributed by atoms with Gasteiger partial charge < -0.3 is 4.42 Å². The number of hydrogen-bond acceptors (Lipinski definition) is 4. The number of benzene rings is 8. The number of rotatable bonds is 8. The highest BCUT2D eigenvalue weighted by Gasteiger charge is 2.18. The summed E-state index contributed by atoms with van der Waals surface area (Å²) in [5, 5.41) is 2.15. The van der Waals surface area contributed by atoms with Gasteiger partial charge in [-0.2, -0.15) is 0 Å². The molecule has 268 valence electrons. The first-order valence-corrected chi connectivity index (χ1v) is 19.1. The van der Waals surface area contributed by atoms with E-state index in [2.05, 4.69) is 158 Å². The summed E-state index contributed by atoms with van der Waals surface area (Å²) in [6.07, 6.45) is 0. The van der Waals surface area contributed by atoms with Gasteiger partial charge in [0.15, 0.2) is 17.5 Å². The van der Waals surface area contributed by atoms with E-state index >= 15 is 0 Å². The van der Waals surface area contributed by atoms with Crippen molar-refractivity contribution < 1.29 is 4.42 Å². The van der Waals surface area contributed by atoms with Crippen LogP contribution in [0.2, 0.25) is 0 Å². The number of para-hydroxylation sites is 1. The van der Waals surface area contributed by atoms with Gasteiger partial charge in [0, 0.05) is 27.5 Å². The fraction of sp³-hybridized carbons (Fsp3) is 0. The fourth-order valence-corrected chi connectivity index (χ4v) is 7.61. The van der Waals surface area contributed by atoms with Crippen LogP contribution in [-0.4, -0.2) is 15.0 Å². The van der Waals surface area contributed by atoms with E-state index in [0.717, 1.165) is 60.9 Å². The van der Waals surface area contributed by atoms with Crippen molar-refractivity contribution in [3.8, 4) is 45.3 Å². The van der Waals surface area contributed by atoms with Crippen LogP contribution in [0, 0.1) is 0 Å². The molecule has 0 N–H and O–H groups in total. The average molecular weight is 730 g/mol. The van der Waals surface area contributed by atoms with Crippen LogP contribution in [0.5, 0.6) is 0 Å². The molecule has 4 nitrogen and oxygen atoms in total. The first kappa shape index (κ1) is 33.8. The van der Waals surface area contributed by atoms with Crippen LogP contribution in [0.4, 0.5) is 0 Å². The Labute approximate surface area is 331 Å². The predicted octanol–water partition coefficient (Wildman–Crippen LogP) is 13.4. The van der Waals surface area contributed by atoms with Crippen LogP contribution in [0.3, 0.4) is 0 Å². The molecule has 2 aromatic heterocycles. The van der Waals surface area contributed by atoms with Crippen LogP contribution < -0.4 is 0 Å². The summed E-state index contributed by atoms with van der Waals surface area (Å²) in [6.45, 7) is 0. The van der Waals surface area contributed by atoms with Crippen LogP contribution in [0.25, 0.3) is 78.4 Å². The topological polar surface area (TPSA) is 51.8 Å². The Hall–Kier alpha value is -7.69. The van der Waals surface area contributed by atoms with Gasteiger partial charge in [0.25, 0.3) is 0 Å². The van der Waals surface area contributed by atoms with Gasteiger partial charge in [-0.3, -0.25) is 0 Å². The van der Waals surface area contributed by atoms with E-state index in [-0.39, 0.29) is 0 Å². The van der Waals surface area contributed by atoms with Gasteiger partial charge in [-0.05, 0) is 68.8 Å². The molecule has 0 atom stereocenters. The van der Waals surface area contributed by atoms with E-state index in [0.29, 0.717) is 17.5 Å². The van der Waals surface area contributed by atoms with Crippen LogP contribution in [0.15, 0.2) is 217 Å². The monoisotopic (exact) mass is 729 g/mol. The lowest BCUT2D eigenvalue weighted by Gasteiger charge is -2.18. The molecule has 2 heterocycles. The average Bonchev–Trinajstić information content (AvgIpc) is 3.67. The number of aromatic nitrogens is 3. The Morgan fingerprint density at radius 1 is 0.281 bits per heavy atom. The number of hydrogen-bond donors (Lipinski definition) is 0. The van der Waals surface area contributed by atoms with Crippen molar-refractivity contribution in [2.24, 2.45) is 0 Å². The van der Waals surface area contributed by atoms with Crippen LogP contribution in [0.1, 0.15) is 22.3 Å². The highest BCUT2D eigenvalue weighted by atomic mass is 16.3. The lowest BCUT2D eigenvalue weighted by atomic mass is 9.85. The molecule has 0 aliphatic heterocycles. The zero-order valence-electron chi connectivity index (χ0n) is 31.0. The van der Waals surface area contributed by atoms with Crippen LogP contribution >= 0.6 is 0 Å². The largest absolute Gasteiger partial charge is 0.456 e. The molecule has 10 rings (SSSR count). The van der Waals surface area contributed by atoms with E-state index in [1.165, 1.54) is 22.3 Å². The van der Waals surface area contributed by atoms with Gasteiger partial charge in [0.1, 0.15) is 11.2 Å². The molecule has 0 spiro atoms. The second-order valence-electron chi connectivity index (χ2n) is 14.0. The summed E-state index contributed by atoms with van der Waals surface area (Å²) in [7, 11) is 0. The third kappa shape index (κ3) is 6.70. The Morgan fingerprint density at radius 2 is 0.702 bits per heavy atom. The Kier molecular flexibility index (Phi) is 8.82. The Bertz CT molecular complexity index is 2990. The molecule has 0 fully saturated rings. The van der Waals surface area contributed by atoms with Crippen LogP contribution in [-0.2, 0) is 0 Å². The zero-order valence-corrected chi connectivity index (χ0v) is 31.0. The minimum atomic E-state index is 0.587. The van der Waals surface area contributed by atoms with Gasteiger partial charge in [0.05, 0.1) is 0 Å². The Morgan fingerprint density at radius 3 is 1.30 bits per heavy atom. The minimum Gasteiger partial charge on any atom is -0.456 e. The van der Waals surface area contributed by atoms with E-state index in [9.17, 15) is 0 Å². The third-order valence-electron chi connectivity index (χ3n) is 10.4. The minimum absolute atomic E-state index is 0.587. The maximum atomic E-state index is 6.24. The van der Waals surface area contributed by atoms with Crippen molar-refractivity contribution in [1.29, 1.82) is 0 Å². The molecule has 57 heavy (non-hydrogen) atoms. The molecule has 0 saturated heterocycles. The maximum Gasteiger partial charge on any atom is 0.164 e. The van der Waals surface area contributed by atoms with Crippen molar-refractivity contribution in [3.63, 3.8) is 0 Å². The summed E-state index contributed by atoms with van der Waals surface area (Å²) in [5.41, 5.74) is 13.5. The van der Waals surface area contributed by atoms with Crippen molar-refractivity contribution in [2.45, 2.75) is 0 Å². The van der Waals surface area contributed by atoms with Gasteiger partial charge in [-0.1, -0.05) is 188 Å². The molecular weight excluding hydrogens is 695 g/mol. The van der Waals surface area contributed by atoms with Crippen molar-refractivity contribution in [2.75, 3.05) is 0 Å². The molecule has 10 aromatic rings.